The predicted octanol–water partition coefficient (Wildman–Crippen LogP) is -2.61. The van der Waals surface area contributed by atoms with Crippen LogP contribution in [0.15, 0.2) is 0 Å². The molecule has 0 spiro atoms. The maximum absolute atomic E-state index is 10.8. The molecule has 2 rings (SSSR count). The van der Waals surface area contributed by atoms with Crippen molar-refractivity contribution in [1.29, 1.82) is 0 Å². The molecule has 0 radical (unpaired) electrons. The van der Waals surface area contributed by atoms with Gasteiger partial charge in [-0.25, -0.2) is 0 Å². The van der Waals surface area contributed by atoms with E-state index in [1.807, 2.05) is 0 Å². The number of nitro groups is 3. The molecular weight excluding hydrogens is 298 g/mol. The molecule has 0 atom stereocenters. The fourth-order valence-electron chi connectivity index (χ4n) is 1.15. The van der Waals surface area contributed by atoms with E-state index in [9.17, 15) is 30.3 Å². The number of H-pyrrole nitrogens is 1. The number of nitrogens with one attached hydrogen (secondary N) is 1. The van der Waals surface area contributed by atoms with Crippen LogP contribution in [-0.4, -0.2) is 55.8 Å². The van der Waals surface area contributed by atoms with Crippen molar-refractivity contribution in [1.82, 2.24) is 41.0 Å². The van der Waals surface area contributed by atoms with Gasteiger partial charge in [0.1, 0.15) is 0 Å². The summed E-state index contributed by atoms with van der Waals surface area (Å²) in [7, 11) is 0. The minimum absolute atomic E-state index is 0.213. The zero-order chi connectivity index (χ0) is 15.6. The van der Waals surface area contributed by atoms with Crippen LogP contribution in [-0.2, 0) is 5.79 Å². The second-order valence-electron chi connectivity index (χ2n) is 3.19. The van der Waals surface area contributed by atoms with Crippen molar-refractivity contribution in [3.63, 3.8) is 0 Å². The van der Waals surface area contributed by atoms with Crippen LogP contribution in [0.5, 0.6) is 0 Å². The summed E-state index contributed by atoms with van der Waals surface area (Å²) in [5.74, 6) is -6.03. The van der Waals surface area contributed by atoms with Gasteiger partial charge >= 0.3 is 11.6 Å². The first-order valence-electron chi connectivity index (χ1n) is 4.66. The standard InChI is InChI=1S/C4HN11O6/c16-13(17)4(14(18)19,15(20)21)3-9-5-1(6-10-3)2-7-11-12-8-2/h(H,7,8,11,12). The third-order valence-corrected chi connectivity index (χ3v) is 2.09. The Hall–Kier alpha value is -3.79. The molecule has 0 aliphatic carbocycles. The van der Waals surface area contributed by atoms with Gasteiger partial charge < -0.3 is 0 Å². The molecule has 0 unspecified atom stereocenters. The zero-order valence-corrected chi connectivity index (χ0v) is 9.42. The summed E-state index contributed by atoms with van der Waals surface area (Å²) in [6, 6.07) is 0. The van der Waals surface area contributed by atoms with Crippen LogP contribution in [0.4, 0.5) is 0 Å². The van der Waals surface area contributed by atoms with Crippen LogP contribution in [0.2, 0.25) is 0 Å². The van der Waals surface area contributed by atoms with Crippen LogP contribution in [0.1, 0.15) is 5.82 Å². The van der Waals surface area contributed by atoms with E-state index in [-0.39, 0.29) is 5.82 Å². The molecule has 0 aromatic carbocycles. The molecule has 2 aromatic rings. The summed E-state index contributed by atoms with van der Waals surface area (Å²) >= 11 is 0. The van der Waals surface area contributed by atoms with Crippen LogP contribution in [0.3, 0.4) is 0 Å². The van der Waals surface area contributed by atoms with Gasteiger partial charge in [0.25, 0.3) is 0 Å². The van der Waals surface area contributed by atoms with E-state index in [1.165, 1.54) is 0 Å². The van der Waals surface area contributed by atoms with E-state index in [1.54, 1.807) is 0 Å². The highest BCUT2D eigenvalue weighted by atomic mass is 16.7. The Balaban J connectivity index is 2.55. The highest BCUT2D eigenvalue weighted by Gasteiger charge is 2.76. The topological polar surface area (TPSA) is 235 Å². The second kappa shape index (κ2) is 4.71. The van der Waals surface area contributed by atoms with Crippen LogP contribution >= 0.6 is 0 Å². The number of nitrogens with zero attached hydrogens (tertiary/aromatic N) is 10. The van der Waals surface area contributed by atoms with E-state index in [0.717, 1.165) is 0 Å². The first-order valence-corrected chi connectivity index (χ1v) is 4.66. The van der Waals surface area contributed by atoms with Gasteiger partial charge in [-0.3, -0.25) is 30.3 Å². The van der Waals surface area contributed by atoms with Crippen molar-refractivity contribution in [2.75, 3.05) is 0 Å². The monoisotopic (exact) mass is 299 g/mol. The molecule has 0 saturated carbocycles. The van der Waals surface area contributed by atoms with Gasteiger partial charge in [-0.1, -0.05) is 0 Å². The summed E-state index contributed by atoms with van der Waals surface area (Å²) < 4.78 is 0. The molecule has 0 fully saturated rings. The highest BCUT2D eigenvalue weighted by molar-refractivity contribution is 5.37. The molecule has 0 saturated heterocycles. The predicted molar refractivity (Wildman–Crippen MR) is 53.5 cm³/mol. The van der Waals surface area contributed by atoms with Crippen molar-refractivity contribution < 1.29 is 14.8 Å². The average Bonchev–Trinajstić information content (AvgIpc) is 2.92. The third kappa shape index (κ3) is 1.93. The number of aromatic nitrogens is 8. The van der Waals surface area contributed by atoms with E-state index in [4.69, 9.17) is 0 Å². The van der Waals surface area contributed by atoms with Crippen molar-refractivity contribution in [3.05, 3.63) is 36.2 Å². The summed E-state index contributed by atoms with van der Waals surface area (Å²) in [6.45, 7) is 0. The first kappa shape index (κ1) is 13.6. The summed E-state index contributed by atoms with van der Waals surface area (Å²) in [5, 5.41) is 56.8. The van der Waals surface area contributed by atoms with Gasteiger partial charge in [-0.15, -0.1) is 30.6 Å². The molecule has 17 nitrogen and oxygen atoms in total. The molecule has 21 heavy (non-hydrogen) atoms. The molecule has 108 valence electrons. The van der Waals surface area contributed by atoms with Crippen molar-refractivity contribution in [2.45, 2.75) is 5.79 Å². The zero-order valence-electron chi connectivity index (χ0n) is 9.42. The van der Waals surface area contributed by atoms with Crippen molar-refractivity contribution in [2.24, 2.45) is 0 Å². The Morgan fingerprint density at radius 1 is 0.810 bits per heavy atom. The van der Waals surface area contributed by atoms with E-state index < -0.39 is 32.2 Å². The van der Waals surface area contributed by atoms with Gasteiger partial charge in [0.15, 0.2) is 14.8 Å². The maximum atomic E-state index is 10.8. The Kier molecular flexibility index (Phi) is 3.06. The van der Waals surface area contributed by atoms with Crippen LogP contribution < -0.4 is 0 Å². The van der Waals surface area contributed by atoms with E-state index >= 15 is 0 Å². The van der Waals surface area contributed by atoms with Gasteiger partial charge in [0.2, 0.25) is 11.6 Å². The Morgan fingerprint density at radius 3 is 1.71 bits per heavy atom. The normalized spacial score (nSPS) is 11.0. The van der Waals surface area contributed by atoms with Gasteiger partial charge in [0, 0.05) is 0 Å². The van der Waals surface area contributed by atoms with E-state index in [0.29, 0.717) is 0 Å². The fourth-order valence-corrected chi connectivity index (χ4v) is 1.15. The molecule has 1 N–H and O–H groups in total. The van der Waals surface area contributed by atoms with Crippen molar-refractivity contribution >= 4 is 0 Å². The first-order chi connectivity index (χ1) is 9.90. The lowest BCUT2D eigenvalue weighted by Gasteiger charge is -2.05. The molecular formula is C4HN11O6. The summed E-state index contributed by atoms with van der Waals surface area (Å²) in [6.07, 6.45) is 0. The number of tetrazole rings is 1. The number of hydrogen-bond donors (Lipinski definition) is 1. The summed E-state index contributed by atoms with van der Waals surface area (Å²) in [4.78, 5) is 27.0. The van der Waals surface area contributed by atoms with Gasteiger partial charge in [-0.2, -0.15) is 5.21 Å². The quantitative estimate of drug-likeness (QED) is 0.338. The minimum atomic E-state index is -4.00. The summed E-state index contributed by atoms with van der Waals surface area (Å²) in [5.41, 5.74) is 0. The third-order valence-electron chi connectivity index (χ3n) is 2.09. The van der Waals surface area contributed by atoms with E-state index in [2.05, 4.69) is 41.0 Å². The van der Waals surface area contributed by atoms with Crippen LogP contribution in [0.25, 0.3) is 11.6 Å². The Morgan fingerprint density at radius 2 is 1.33 bits per heavy atom. The number of hydrogen-bond acceptors (Lipinski definition) is 13. The SMILES string of the molecule is O=[N+]([O-])C(c1nnc(-c2nn[nH]n2)nn1)([N+](=O)[O-])[N+](=O)[O-]. The highest BCUT2D eigenvalue weighted by Crippen LogP contribution is 2.22. The Bertz CT molecular complexity index is 658. The molecule has 0 bridgehead atoms. The lowest BCUT2D eigenvalue weighted by molar-refractivity contribution is -0.987. The fraction of sp³-hybridized carbons (Fsp3) is 0.250. The van der Waals surface area contributed by atoms with Crippen LogP contribution in [0, 0.1) is 30.3 Å². The number of aromatic amines is 1. The van der Waals surface area contributed by atoms with Crippen molar-refractivity contribution in [3.8, 4) is 11.6 Å². The van der Waals surface area contributed by atoms with Gasteiger partial charge in [-0.05, 0) is 5.21 Å². The average molecular weight is 299 g/mol. The lowest BCUT2D eigenvalue weighted by Crippen LogP contribution is -2.51. The molecule has 0 amide bonds. The number of rotatable bonds is 5. The molecule has 17 heteroatoms. The minimum Gasteiger partial charge on any atom is -0.252 e. The molecule has 0 aliphatic heterocycles. The maximum Gasteiger partial charge on any atom is 0.766 e. The van der Waals surface area contributed by atoms with Gasteiger partial charge in [0.05, 0.1) is 0 Å². The molecule has 2 heterocycles. The lowest BCUT2D eigenvalue weighted by atomic mass is 10.3. The smallest absolute Gasteiger partial charge is 0.252 e. The largest absolute Gasteiger partial charge is 0.766 e. The molecule has 0 aliphatic rings. The molecule has 2 aromatic heterocycles. The second-order valence-corrected chi connectivity index (χ2v) is 3.19. The Labute approximate surface area is 110 Å².